The SMILES string of the molecule is CCC1c2ccsc2CCN1C(=O)CSCC(=O)N1CCOCC1. The molecule has 1 fully saturated rings. The molecule has 0 bridgehead atoms. The zero-order valence-electron chi connectivity index (χ0n) is 14.0. The van der Waals surface area contributed by atoms with E-state index in [9.17, 15) is 9.59 Å². The molecule has 0 spiro atoms. The van der Waals surface area contributed by atoms with Crippen molar-refractivity contribution in [3.05, 3.63) is 21.9 Å². The van der Waals surface area contributed by atoms with Crippen LogP contribution in [0.4, 0.5) is 0 Å². The summed E-state index contributed by atoms with van der Waals surface area (Å²) >= 11 is 3.22. The van der Waals surface area contributed by atoms with Gasteiger partial charge in [0.05, 0.1) is 30.8 Å². The fourth-order valence-electron chi connectivity index (χ4n) is 3.35. The molecule has 132 valence electrons. The lowest BCUT2D eigenvalue weighted by Crippen LogP contribution is -2.42. The molecule has 5 nitrogen and oxygen atoms in total. The number of thiophene rings is 1. The number of amides is 2. The van der Waals surface area contributed by atoms with Crippen LogP contribution in [0.1, 0.15) is 29.8 Å². The van der Waals surface area contributed by atoms with Crippen molar-refractivity contribution in [2.75, 3.05) is 44.4 Å². The second-order valence-electron chi connectivity index (χ2n) is 6.05. The van der Waals surface area contributed by atoms with E-state index >= 15 is 0 Å². The highest BCUT2D eigenvalue weighted by Gasteiger charge is 2.30. The highest BCUT2D eigenvalue weighted by atomic mass is 32.2. The Hall–Kier alpha value is -1.05. The number of hydrogen-bond acceptors (Lipinski definition) is 5. The molecule has 0 saturated carbocycles. The van der Waals surface area contributed by atoms with Crippen molar-refractivity contribution in [2.45, 2.75) is 25.8 Å². The zero-order valence-corrected chi connectivity index (χ0v) is 15.7. The maximum Gasteiger partial charge on any atom is 0.233 e. The Bertz CT molecular complexity index is 584. The molecule has 2 aliphatic heterocycles. The maximum atomic E-state index is 12.6. The van der Waals surface area contributed by atoms with Crippen LogP contribution in [0.25, 0.3) is 0 Å². The van der Waals surface area contributed by atoms with Crippen molar-refractivity contribution in [3.8, 4) is 0 Å². The number of fused-ring (bicyclic) bond motifs is 1. The first-order valence-corrected chi connectivity index (χ1v) is 10.5. The van der Waals surface area contributed by atoms with E-state index in [4.69, 9.17) is 4.74 Å². The van der Waals surface area contributed by atoms with E-state index in [1.54, 1.807) is 11.3 Å². The third-order valence-electron chi connectivity index (χ3n) is 4.62. The summed E-state index contributed by atoms with van der Waals surface area (Å²) in [5.74, 6) is 1.02. The summed E-state index contributed by atoms with van der Waals surface area (Å²) in [6.07, 6.45) is 1.89. The first-order chi connectivity index (χ1) is 11.7. The summed E-state index contributed by atoms with van der Waals surface area (Å²) in [5.41, 5.74) is 1.32. The first kappa shape index (κ1) is 17.8. The second kappa shape index (κ2) is 8.36. The molecule has 1 unspecified atom stereocenters. The molecule has 0 N–H and O–H groups in total. The molecular weight excluding hydrogens is 344 g/mol. The summed E-state index contributed by atoms with van der Waals surface area (Å²) in [7, 11) is 0. The fraction of sp³-hybridized carbons (Fsp3) is 0.647. The minimum atomic E-state index is 0.113. The summed E-state index contributed by atoms with van der Waals surface area (Å²) in [5, 5.41) is 2.12. The van der Waals surface area contributed by atoms with E-state index in [2.05, 4.69) is 18.4 Å². The van der Waals surface area contributed by atoms with Crippen molar-refractivity contribution >= 4 is 34.9 Å². The highest BCUT2D eigenvalue weighted by molar-refractivity contribution is 8.00. The van der Waals surface area contributed by atoms with Crippen LogP contribution in [0.15, 0.2) is 11.4 Å². The summed E-state index contributed by atoms with van der Waals surface area (Å²) in [4.78, 5) is 30.0. The van der Waals surface area contributed by atoms with Gasteiger partial charge >= 0.3 is 0 Å². The standard InChI is InChI=1S/C17H24N2O3S2/c1-2-14-13-4-10-24-15(13)3-5-19(14)17(21)12-23-11-16(20)18-6-8-22-9-7-18/h4,10,14H,2-3,5-9,11-12H2,1H3. The van der Waals surface area contributed by atoms with Gasteiger partial charge in [-0.25, -0.2) is 0 Å². The lowest BCUT2D eigenvalue weighted by molar-refractivity contribution is -0.132. The molecule has 1 aromatic heterocycles. The summed E-state index contributed by atoms with van der Waals surface area (Å²) in [6.45, 7) is 5.49. The Morgan fingerprint density at radius 1 is 1.25 bits per heavy atom. The Morgan fingerprint density at radius 3 is 2.75 bits per heavy atom. The van der Waals surface area contributed by atoms with E-state index < -0.39 is 0 Å². The highest BCUT2D eigenvalue weighted by Crippen LogP contribution is 2.35. The quantitative estimate of drug-likeness (QED) is 0.799. The van der Waals surface area contributed by atoms with Gasteiger partial charge in [-0.2, -0.15) is 0 Å². The molecule has 0 aliphatic carbocycles. The predicted octanol–water partition coefficient (Wildman–Crippen LogP) is 2.18. The molecule has 0 radical (unpaired) electrons. The van der Waals surface area contributed by atoms with Gasteiger partial charge in [0.25, 0.3) is 0 Å². The number of hydrogen-bond donors (Lipinski definition) is 0. The molecule has 0 aromatic carbocycles. The van der Waals surface area contributed by atoms with Crippen LogP contribution in [-0.4, -0.2) is 66.0 Å². The van der Waals surface area contributed by atoms with Crippen LogP contribution in [0.5, 0.6) is 0 Å². The van der Waals surface area contributed by atoms with E-state index in [1.807, 2.05) is 9.80 Å². The Balaban J connectivity index is 1.49. The molecular formula is C17H24N2O3S2. The third kappa shape index (κ3) is 3.95. The van der Waals surface area contributed by atoms with E-state index in [1.165, 1.54) is 22.2 Å². The van der Waals surface area contributed by atoms with Gasteiger partial charge in [0.1, 0.15) is 0 Å². The monoisotopic (exact) mass is 368 g/mol. The number of thioether (sulfide) groups is 1. The van der Waals surface area contributed by atoms with Gasteiger partial charge in [-0.15, -0.1) is 23.1 Å². The van der Waals surface area contributed by atoms with Gasteiger partial charge in [0.15, 0.2) is 0 Å². The number of ether oxygens (including phenoxy) is 1. The largest absolute Gasteiger partial charge is 0.378 e. The molecule has 1 aromatic rings. The summed E-state index contributed by atoms with van der Waals surface area (Å²) in [6, 6.07) is 2.35. The average Bonchev–Trinajstić information content (AvgIpc) is 3.10. The van der Waals surface area contributed by atoms with Gasteiger partial charge in [-0.3, -0.25) is 9.59 Å². The lowest BCUT2D eigenvalue weighted by Gasteiger charge is -2.35. The van der Waals surface area contributed by atoms with Crippen molar-refractivity contribution in [1.29, 1.82) is 0 Å². The van der Waals surface area contributed by atoms with Crippen molar-refractivity contribution in [3.63, 3.8) is 0 Å². The van der Waals surface area contributed by atoms with Gasteiger partial charge in [-0.05, 0) is 29.9 Å². The molecule has 1 saturated heterocycles. The van der Waals surface area contributed by atoms with Crippen molar-refractivity contribution < 1.29 is 14.3 Å². The molecule has 2 amide bonds. The Morgan fingerprint density at radius 2 is 2.00 bits per heavy atom. The van der Waals surface area contributed by atoms with E-state index in [0.29, 0.717) is 37.8 Å². The fourth-order valence-corrected chi connectivity index (χ4v) is 5.08. The number of rotatable bonds is 5. The minimum absolute atomic E-state index is 0.113. The zero-order chi connectivity index (χ0) is 16.9. The van der Waals surface area contributed by atoms with E-state index in [0.717, 1.165) is 19.4 Å². The van der Waals surface area contributed by atoms with Gasteiger partial charge in [0.2, 0.25) is 11.8 Å². The van der Waals surface area contributed by atoms with Crippen LogP contribution in [0, 0.1) is 0 Å². The topological polar surface area (TPSA) is 49.9 Å². The molecule has 7 heteroatoms. The van der Waals surface area contributed by atoms with Crippen molar-refractivity contribution in [1.82, 2.24) is 9.80 Å². The predicted molar refractivity (Wildman–Crippen MR) is 97.5 cm³/mol. The second-order valence-corrected chi connectivity index (χ2v) is 8.03. The van der Waals surface area contributed by atoms with Crippen LogP contribution in [0.2, 0.25) is 0 Å². The van der Waals surface area contributed by atoms with Gasteiger partial charge in [0, 0.05) is 24.5 Å². The smallest absolute Gasteiger partial charge is 0.233 e. The number of carbonyl (C=O) groups excluding carboxylic acids is 2. The minimum Gasteiger partial charge on any atom is -0.378 e. The molecule has 2 aliphatic rings. The lowest BCUT2D eigenvalue weighted by atomic mass is 9.98. The molecule has 24 heavy (non-hydrogen) atoms. The number of nitrogens with zero attached hydrogens (tertiary/aromatic N) is 2. The average molecular weight is 369 g/mol. The van der Waals surface area contributed by atoms with Gasteiger partial charge < -0.3 is 14.5 Å². The number of morpholine rings is 1. The van der Waals surface area contributed by atoms with Crippen LogP contribution >= 0.6 is 23.1 Å². The molecule has 3 rings (SSSR count). The Labute approximate surface area is 151 Å². The van der Waals surface area contributed by atoms with Crippen LogP contribution in [-0.2, 0) is 20.7 Å². The summed E-state index contributed by atoms with van der Waals surface area (Å²) < 4.78 is 5.26. The maximum absolute atomic E-state index is 12.6. The van der Waals surface area contributed by atoms with Crippen molar-refractivity contribution in [2.24, 2.45) is 0 Å². The van der Waals surface area contributed by atoms with Crippen LogP contribution < -0.4 is 0 Å². The normalized spacial score (nSPS) is 20.8. The number of carbonyl (C=O) groups is 2. The molecule has 3 heterocycles. The van der Waals surface area contributed by atoms with E-state index in [-0.39, 0.29) is 17.9 Å². The third-order valence-corrected chi connectivity index (χ3v) is 6.52. The van der Waals surface area contributed by atoms with Crippen LogP contribution in [0.3, 0.4) is 0 Å². The van der Waals surface area contributed by atoms with Gasteiger partial charge in [-0.1, -0.05) is 6.92 Å². The Kier molecular flexibility index (Phi) is 6.19. The molecule has 1 atom stereocenters. The first-order valence-electron chi connectivity index (χ1n) is 8.49.